The van der Waals surface area contributed by atoms with Crippen molar-refractivity contribution in [1.82, 2.24) is 0 Å². The van der Waals surface area contributed by atoms with Crippen molar-refractivity contribution in [2.24, 2.45) is 0 Å². The molecule has 0 aliphatic carbocycles. The van der Waals surface area contributed by atoms with E-state index in [1.54, 1.807) is 0 Å². The molecule has 1 nitrogen and oxygen atoms in total. The molecule has 28 heavy (non-hydrogen) atoms. The number of rotatable bonds is 18. The molecule has 1 atom stereocenters. The summed E-state index contributed by atoms with van der Waals surface area (Å²) < 4.78 is 0. The van der Waals surface area contributed by atoms with Gasteiger partial charge in [-0.3, -0.25) is 0 Å². The molecule has 0 heterocycles. The van der Waals surface area contributed by atoms with E-state index in [-0.39, 0.29) is 0 Å². The molecule has 1 rings (SSSR count). The predicted octanol–water partition coefficient (Wildman–Crippen LogP) is 9.32. The minimum absolute atomic E-state index is 0.529. The number of phenols is 1. The maximum absolute atomic E-state index is 10.5. The van der Waals surface area contributed by atoms with Crippen LogP contribution >= 0.6 is 0 Å². The van der Waals surface area contributed by atoms with E-state index in [1.165, 1.54) is 114 Å². The Kier molecular flexibility index (Phi) is 15.1. The third kappa shape index (κ3) is 10.5. The Bertz CT molecular complexity index is 479. The SMILES string of the molecule is CCCCCCCCCCc1c(O)cccc1C(CC)CCCCCCCC. The van der Waals surface area contributed by atoms with E-state index < -0.39 is 0 Å². The van der Waals surface area contributed by atoms with Crippen LogP contribution in [0.15, 0.2) is 18.2 Å². The van der Waals surface area contributed by atoms with Crippen LogP contribution in [0, 0.1) is 0 Å². The third-order valence-corrected chi connectivity index (χ3v) is 6.31. The lowest BCUT2D eigenvalue weighted by Gasteiger charge is -2.20. The molecule has 0 saturated carbocycles. The average Bonchev–Trinajstić information content (AvgIpc) is 2.70. The molecular weight excluding hydrogens is 340 g/mol. The molecule has 0 amide bonds. The summed E-state index contributed by atoms with van der Waals surface area (Å²) in [5.41, 5.74) is 2.67. The van der Waals surface area contributed by atoms with Crippen LogP contribution in [-0.2, 0) is 6.42 Å². The van der Waals surface area contributed by atoms with Crippen molar-refractivity contribution in [3.8, 4) is 5.75 Å². The topological polar surface area (TPSA) is 20.2 Å². The van der Waals surface area contributed by atoms with E-state index in [1.807, 2.05) is 12.1 Å². The second-order valence-electron chi connectivity index (χ2n) is 8.73. The van der Waals surface area contributed by atoms with Gasteiger partial charge in [0.25, 0.3) is 0 Å². The summed E-state index contributed by atoms with van der Waals surface area (Å²) in [6.07, 6.45) is 22.4. The summed E-state index contributed by atoms with van der Waals surface area (Å²) in [5.74, 6) is 1.14. The Morgan fingerprint density at radius 1 is 0.679 bits per heavy atom. The number of phenolic OH excluding ortho intramolecular Hbond substituents is 1. The van der Waals surface area contributed by atoms with Gasteiger partial charge in [0.05, 0.1) is 0 Å². The van der Waals surface area contributed by atoms with Gasteiger partial charge in [-0.2, -0.15) is 0 Å². The van der Waals surface area contributed by atoms with Crippen molar-refractivity contribution in [3.05, 3.63) is 29.3 Å². The Hall–Kier alpha value is -0.980. The highest BCUT2D eigenvalue weighted by Gasteiger charge is 2.16. The first-order valence-electron chi connectivity index (χ1n) is 12.5. The van der Waals surface area contributed by atoms with Crippen LogP contribution in [0.5, 0.6) is 5.75 Å². The molecule has 1 unspecified atom stereocenters. The van der Waals surface area contributed by atoms with Crippen molar-refractivity contribution < 1.29 is 5.11 Å². The molecule has 0 aliphatic heterocycles. The third-order valence-electron chi connectivity index (χ3n) is 6.31. The summed E-state index contributed by atoms with van der Waals surface area (Å²) in [6.45, 7) is 6.87. The molecule has 1 aromatic carbocycles. The highest BCUT2D eigenvalue weighted by Crippen LogP contribution is 2.34. The highest BCUT2D eigenvalue weighted by molar-refractivity contribution is 5.41. The van der Waals surface area contributed by atoms with Crippen molar-refractivity contribution in [3.63, 3.8) is 0 Å². The molecule has 0 aromatic heterocycles. The molecule has 0 aliphatic rings. The quantitative estimate of drug-likeness (QED) is 0.248. The van der Waals surface area contributed by atoms with Gasteiger partial charge in [-0.1, -0.05) is 116 Å². The van der Waals surface area contributed by atoms with Crippen LogP contribution in [0.25, 0.3) is 0 Å². The van der Waals surface area contributed by atoms with Crippen LogP contribution in [0.4, 0.5) is 0 Å². The van der Waals surface area contributed by atoms with Crippen LogP contribution < -0.4 is 0 Å². The van der Waals surface area contributed by atoms with E-state index in [9.17, 15) is 5.11 Å². The monoisotopic (exact) mass is 388 g/mol. The van der Waals surface area contributed by atoms with Gasteiger partial charge in [-0.15, -0.1) is 0 Å². The maximum atomic E-state index is 10.5. The van der Waals surface area contributed by atoms with Crippen LogP contribution in [-0.4, -0.2) is 5.11 Å². The van der Waals surface area contributed by atoms with Crippen molar-refractivity contribution in [2.75, 3.05) is 0 Å². The van der Waals surface area contributed by atoms with Gasteiger partial charge in [0.2, 0.25) is 0 Å². The van der Waals surface area contributed by atoms with Crippen molar-refractivity contribution >= 4 is 0 Å². The zero-order valence-electron chi connectivity index (χ0n) is 19.3. The number of hydrogen-bond acceptors (Lipinski definition) is 1. The lowest BCUT2D eigenvalue weighted by Crippen LogP contribution is -2.03. The lowest BCUT2D eigenvalue weighted by molar-refractivity contribution is 0.460. The molecule has 1 aromatic rings. The van der Waals surface area contributed by atoms with E-state index in [0.717, 1.165) is 6.42 Å². The predicted molar refractivity (Wildman–Crippen MR) is 125 cm³/mol. The summed E-state index contributed by atoms with van der Waals surface area (Å²) in [4.78, 5) is 0. The molecule has 0 fully saturated rings. The van der Waals surface area contributed by atoms with Gasteiger partial charge >= 0.3 is 0 Å². The Morgan fingerprint density at radius 2 is 1.21 bits per heavy atom. The zero-order chi connectivity index (χ0) is 20.5. The summed E-state index contributed by atoms with van der Waals surface area (Å²) in [6, 6.07) is 6.22. The minimum Gasteiger partial charge on any atom is -0.508 e. The van der Waals surface area contributed by atoms with Crippen molar-refractivity contribution in [2.45, 2.75) is 136 Å². The Balaban J connectivity index is 2.44. The number of hydrogen-bond donors (Lipinski definition) is 1. The fourth-order valence-electron chi connectivity index (χ4n) is 4.43. The number of unbranched alkanes of at least 4 members (excludes halogenated alkanes) is 12. The van der Waals surface area contributed by atoms with Gasteiger partial charge < -0.3 is 5.11 Å². The number of benzene rings is 1. The summed E-state index contributed by atoms with van der Waals surface area (Å²) in [7, 11) is 0. The van der Waals surface area contributed by atoms with Gasteiger partial charge in [0.1, 0.15) is 5.75 Å². The van der Waals surface area contributed by atoms with E-state index in [2.05, 4.69) is 26.8 Å². The molecular formula is C27H48O. The van der Waals surface area contributed by atoms with Crippen LogP contribution in [0.3, 0.4) is 0 Å². The molecule has 1 heteroatoms. The van der Waals surface area contributed by atoms with E-state index >= 15 is 0 Å². The van der Waals surface area contributed by atoms with Crippen LogP contribution in [0.1, 0.15) is 141 Å². The first kappa shape index (κ1) is 25.1. The summed E-state index contributed by atoms with van der Waals surface area (Å²) in [5, 5.41) is 10.5. The van der Waals surface area contributed by atoms with E-state index in [4.69, 9.17) is 0 Å². The van der Waals surface area contributed by atoms with Gasteiger partial charge in [0, 0.05) is 0 Å². The van der Waals surface area contributed by atoms with Gasteiger partial charge in [-0.05, 0) is 48.8 Å². The average molecular weight is 389 g/mol. The smallest absolute Gasteiger partial charge is 0.119 e. The second-order valence-corrected chi connectivity index (χ2v) is 8.73. The lowest BCUT2D eigenvalue weighted by atomic mass is 9.85. The molecule has 0 saturated heterocycles. The second kappa shape index (κ2) is 16.9. The first-order chi connectivity index (χ1) is 13.7. The minimum atomic E-state index is 0.529. The molecule has 0 spiro atoms. The van der Waals surface area contributed by atoms with Gasteiger partial charge in [-0.25, -0.2) is 0 Å². The number of aromatic hydroxyl groups is 1. The zero-order valence-corrected chi connectivity index (χ0v) is 19.3. The van der Waals surface area contributed by atoms with Crippen molar-refractivity contribution in [1.29, 1.82) is 0 Å². The Morgan fingerprint density at radius 3 is 1.79 bits per heavy atom. The van der Waals surface area contributed by atoms with E-state index in [0.29, 0.717) is 11.7 Å². The summed E-state index contributed by atoms with van der Waals surface area (Å²) >= 11 is 0. The normalized spacial score (nSPS) is 12.4. The molecule has 0 radical (unpaired) electrons. The molecule has 162 valence electrons. The first-order valence-corrected chi connectivity index (χ1v) is 12.5. The highest BCUT2D eigenvalue weighted by atomic mass is 16.3. The fraction of sp³-hybridized carbons (Fsp3) is 0.778. The maximum Gasteiger partial charge on any atom is 0.119 e. The molecule has 0 bridgehead atoms. The largest absolute Gasteiger partial charge is 0.508 e. The standard InChI is InChI=1S/C27H48O/c1-4-7-9-11-13-14-16-18-21-26-25(22-19-23-27(26)28)24(6-3)20-17-15-12-10-8-5-2/h19,22-24,28H,4-18,20-21H2,1-3H3. The van der Waals surface area contributed by atoms with Crippen LogP contribution in [0.2, 0.25) is 0 Å². The fourth-order valence-corrected chi connectivity index (χ4v) is 4.43. The Labute approximate surface area is 176 Å². The molecule has 1 N–H and O–H groups in total. The van der Waals surface area contributed by atoms with Gasteiger partial charge in [0.15, 0.2) is 0 Å².